The van der Waals surface area contributed by atoms with E-state index in [0.717, 1.165) is 29.6 Å². The molecule has 11 heteroatoms. The third-order valence-corrected chi connectivity index (χ3v) is 5.54. The lowest BCUT2D eigenvalue weighted by Crippen LogP contribution is -2.40. The molecule has 0 bridgehead atoms. The Morgan fingerprint density at radius 1 is 1.16 bits per heavy atom. The number of anilines is 1. The van der Waals surface area contributed by atoms with Gasteiger partial charge in [-0.3, -0.25) is 9.10 Å². The van der Waals surface area contributed by atoms with Crippen molar-refractivity contribution in [1.82, 2.24) is 14.9 Å². The van der Waals surface area contributed by atoms with Gasteiger partial charge < -0.3 is 9.88 Å². The van der Waals surface area contributed by atoms with Crippen molar-refractivity contribution in [1.29, 1.82) is 0 Å². The number of rotatable bonds is 7. The molecule has 0 saturated carbocycles. The molecule has 3 rings (SSSR count). The number of para-hydroxylation sites is 1. The summed E-state index contributed by atoms with van der Waals surface area (Å²) in [5, 5.41) is 2.62. The molecule has 0 spiro atoms. The summed E-state index contributed by atoms with van der Waals surface area (Å²) in [7, 11) is -4.01. The molecule has 0 unspecified atom stereocenters. The molecule has 0 atom stereocenters. The minimum absolute atomic E-state index is 0.0907. The molecule has 1 amide bonds. The predicted molar refractivity (Wildman–Crippen MR) is 109 cm³/mol. The van der Waals surface area contributed by atoms with E-state index in [0.29, 0.717) is 10.4 Å². The summed E-state index contributed by atoms with van der Waals surface area (Å²) >= 11 is 0. The largest absolute Gasteiger partial charge is 0.416 e. The van der Waals surface area contributed by atoms with Crippen LogP contribution in [0.15, 0.2) is 67.3 Å². The number of carbonyl (C=O) groups is 1. The molecule has 0 aliphatic carbocycles. The lowest BCUT2D eigenvalue weighted by atomic mass is 10.1. The molecule has 1 N–H and O–H groups in total. The average molecular weight is 452 g/mol. The first-order valence-electron chi connectivity index (χ1n) is 9.03. The Bertz CT molecular complexity index is 1160. The topological polar surface area (TPSA) is 84.3 Å². The number of alkyl halides is 3. The van der Waals surface area contributed by atoms with Crippen molar-refractivity contribution < 1.29 is 26.4 Å². The van der Waals surface area contributed by atoms with Gasteiger partial charge >= 0.3 is 6.18 Å². The fraction of sp³-hybridized carbons (Fsp3) is 0.200. The summed E-state index contributed by atoms with van der Waals surface area (Å²) in [6.45, 7) is -0.569. The summed E-state index contributed by atoms with van der Waals surface area (Å²) in [6, 6.07) is 11.0. The third-order valence-electron chi connectivity index (χ3n) is 4.40. The molecule has 7 nitrogen and oxygen atoms in total. The zero-order valence-corrected chi connectivity index (χ0v) is 17.2. The predicted octanol–water partition coefficient (Wildman–Crippen LogP) is 2.97. The molecule has 31 heavy (non-hydrogen) atoms. The van der Waals surface area contributed by atoms with Crippen molar-refractivity contribution in [3.8, 4) is 5.69 Å². The lowest BCUT2D eigenvalue weighted by Gasteiger charge is -2.23. The maximum Gasteiger partial charge on any atom is 0.416 e. The Labute approximate surface area is 177 Å². The fourth-order valence-corrected chi connectivity index (χ4v) is 3.78. The molecular weight excluding hydrogens is 433 g/mol. The SMILES string of the molecule is CS(=O)(=O)N(CC(=O)NCc1ccccc1-n1ccnc1)c1cccc(C(F)(F)F)c1. The van der Waals surface area contributed by atoms with Crippen LogP contribution >= 0.6 is 0 Å². The summed E-state index contributed by atoms with van der Waals surface area (Å²) in [4.78, 5) is 16.4. The maximum atomic E-state index is 13.0. The van der Waals surface area contributed by atoms with E-state index in [2.05, 4.69) is 10.3 Å². The first-order valence-corrected chi connectivity index (χ1v) is 10.9. The minimum Gasteiger partial charge on any atom is -0.350 e. The van der Waals surface area contributed by atoms with Gasteiger partial charge in [-0.15, -0.1) is 0 Å². The summed E-state index contributed by atoms with van der Waals surface area (Å²) in [5.74, 6) is -0.664. The minimum atomic E-state index is -4.64. The van der Waals surface area contributed by atoms with E-state index in [1.165, 1.54) is 6.07 Å². The van der Waals surface area contributed by atoms with Gasteiger partial charge in [0.1, 0.15) is 6.54 Å². The van der Waals surface area contributed by atoms with E-state index in [1.54, 1.807) is 35.4 Å². The summed E-state index contributed by atoms with van der Waals surface area (Å²) in [6.07, 6.45) is 1.13. The molecule has 164 valence electrons. The molecule has 0 aliphatic rings. The second-order valence-corrected chi connectivity index (χ2v) is 8.60. The van der Waals surface area contributed by atoms with Gasteiger partial charge in [0.05, 0.1) is 29.5 Å². The Kier molecular flexibility index (Phi) is 6.34. The van der Waals surface area contributed by atoms with E-state index in [-0.39, 0.29) is 12.2 Å². The van der Waals surface area contributed by atoms with Gasteiger partial charge in [0.25, 0.3) is 0 Å². The van der Waals surface area contributed by atoms with E-state index in [4.69, 9.17) is 0 Å². The van der Waals surface area contributed by atoms with E-state index < -0.39 is 34.2 Å². The number of carbonyl (C=O) groups excluding carboxylic acids is 1. The van der Waals surface area contributed by atoms with Crippen LogP contribution in [-0.4, -0.2) is 36.7 Å². The van der Waals surface area contributed by atoms with Gasteiger partial charge in [-0.1, -0.05) is 24.3 Å². The lowest BCUT2D eigenvalue weighted by molar-refractivity contribution is -0.137. The Balaban J connectivity index is 1.77. The summed E-state index contributed by atoms with van der Waals surface area (Å²) in [5.41, 5.74) is 0.275. The van der Waals surface area contributed by atoms with E-state index in [1.807, 2.05) is 12.1 Å². The number of amides is 1. The van der Waals surface area contributed by atoms with Crippen molar-refractivity contribution in [2.45, 2.75) is 12.7 Å². The standard InChI is InChI=1S/C20H19F3N4O3S/c1-31(29,30)27(17-7-4-6-16(11-17)20(21,22)23)13-19(28)25-12-15-5-2-3-8-18(15)26-10-9-24-14-26/h2-11,14H,12-13H2,1H3,(H,25,28). The molecule has 3 aromatic rings. The van der Waals surface area contributed by atoms with Gasteiger partial charge in [0.15, 0.2) is 0 Å². The van der Waals surface area contributed by atoms with Crippen molar-refractivity contribution in [2.24, 2.45) is 0 Å². The van der Waals surface area contributed by atoms with E-state index in [9.17, 15) is 26.4 Å². The van der Waals surface area contributed by atoms with Crippen molar-refractivity contribution >= 4 is 21.6 Å². The normalized spacial score (nSPS) is 11.9. The van der Waals surface area contributed by atoms with Gasteiger partial charge in [-0.2, -0.15) is 13.2 Å². The maximum absolute atomic E-state index is 13.0. The fourth-order valence-electron chi connectivity index (χ4n) is 2.93. The zero-order valence-electron chi connectivity index (χ0n) is 16.4. The van der Waals surface area contributed by atoms with Crippen molar-refractivity contribution in [2.75, 3.05) is 17.1 Å². The van der Waals surface area contributed by atoms with Gasteiger partial charge in [0, 0.05) is 18.9 Å². The molecule has 0 fully saturated rings. The van der Waals surface area contributed by atoms with Crippen LogP contribution in [0.5, 0.6) is 0 Å². The van der Waals surface area contributed by atoms with Crippen LogP contribution < -0.4 is 9.62 Å². The second kappa shape index (κ2) is 8.80. The number of aromatic nitrogens is 2. The van der Waals surface area contributed by atoms with Crippen LogP contribution in [0.25, 0.3) is 5.69 Å². The first kappa shape index (κ1) is 22.3. The molecule has 0 radical (unpaired) electrons. The van der Waals surface area contributed by atoms with Crippen molar-refractivity contribution in [3.05, 3.63) is 78.4 Å². The second-order valence-electron chi connectivity index (χ2n) is 6.69. The van der Waals surface area contributed by atoms with Crippen LogP contribution in [0.4, 0.5) is 18.9 Å². The smallest absolute Gasteiger partial charge is 0.350 e. The highest BCUT2D eigenvalue weighted by atomic mass is 32.2. The first-order chi connectivity index (χ1) is 14.6. The van der Waals surface area contributed by atoms with Crippen molar-refractivity contribution in [3.63, 3.8) is 0 Å². The number of nitrogens with zero attached hydrogens (tertiary/aromatic N) is 3. The van der Waals surface area contributed by atoms with Crippen LogP contribution in [0.1, 0.15) is 11.1 Å². The monoisotopic (exact) mass is 452 g/mol. The van der Waals surface area contributed by atoms with Gasteiger partial charge in [-0.25, -0.2) is 13.4 Å². The number of halogens is 3. The number of imidazole rings is 1. The number of nitrogens with one attached hydrogen (secondary N) is 1. The number of sulfonamides is 1. The van der Waals surface area contributed by atoms with Gasteiger partial charge in [-0.05, 0) is 29.8 Å². The zero-order chi connectivity index (χ0) is 22.6. The molecule has 0 saturated heterocycles. The molecular formula is C20H19F3N4O3S. The quantitative estimate of drug-likeness (QED) is 0.598. The van der Waals surface area contributed by atoms with Crippen LogP contribution in [0, 0.1) is 0 Å². The van der Waals surface area contributed by atoms with Crippen LogP contribution in [0.2, 0.25) is 0 Å². The molecule has 0 aliphatic heterocycles. The molecule has 2 aromatic carbocycles. The van der Waals surface area contributed by atoms with E-state index >= 15 is 0 Å². The van der Waals surface area contributed by atoms with Gasteiger partial charge in [0.2, 0.25) is 15.9 Å². The number of benzene rings is 2. The third kappa shape index (κ3) is 5.63. The Morgan fingerprint density at radius 3 is 2.55 bits per heavy atom. The number of hydrogen-bond acceptors (Lipinski definition) is 4. The highest BCUT2D eigenvalue weighted by Gasteiger charge is 2.32. The van der Waals surface area contributed by atoms with Crippen LogP contribution in [-0.2, 0) is 27.5 Å². The molecule has 1 aromatic heterocycles. The molecule has 1 heterocycles. The van der Waals surface area contributed by atoms with Crippen LogP contribution in [0.3, 0.4) is 0 Å². The Morgan fingerprint density at radius 2 is 1.90 bits per heavy atom. The average Bonchev–Trinajstić information content (AvgIpc) is 3.24. The highest BCUT2D eigenvalue weighted by molar-refractivity contribution is 7.92. The number of hydrogen-bond donors (Lipinski definition) is 1. The summed E-state index contributed by atoms with van der Waals surface area (Å²) < 4.78 is 65.7. The highest BCUT2D eigenvalue weighted by Crippen LogP contribution is 2.32. The Hall–Kier alpha value is -3.34.